The third kappa shape index (κ3) is 3.22. The van der Waals surface area contributed by atoms with Gasteiger partial charge >= 0.3 is 6.03 Å². The standard InChI is InChI=1S/C23H26N4O2/c1-23-10-11-26(2)20(12-16-6-9-18(28)13-19(16)23)21(23)27(3)22(29)25-17-7-4-15(14-24)5-8-17/h4-9,13,20-21,28H,10-12H2,1-3H3,(H,25,29)/t20?,21-,23-/m1/s1. The molecule has 2 amide bonds. The van der Waals surface area contributed by atoms with Crippen molar-refractivity contribution in [3.8, 4) is 11.8 Å². The summed E-state index contributed by atoms with van der Waals surface area (Å²) >= 11 is 0. The third-order valence-corrected chi connectivity index (χ3v) is 6.71. The molecule has 2 bridgehead atoms. The lowest BCUT2D eigenvalue weighted by Gasteiger charge is -2.57. The highest BCUT2D eigenvalue weighted by molar-refractivity contribution is 5.89. The number of piperidine rings is 1. The number of fused-ring (bicyclic) bond motifs is 4. The number of phenolic OH excluding ortho intramolecular Hbond substituents is 1. The number of carbonyl (C=O) groups is 1. The van der Waals surface area contributed by atoms with Crippen LogP contribution in [0.15, 0.2) is 42.5 Å². The zero-order valence-electron chi connectivity index (χ0n) is 17.0. The first-order chi connectivity index (χ1) is 13.8. The third-order valence-electron chi connectivity index (χ3n) is 6.71. The quantitative estimate of drug-likeness (QED) is 0.824. The molecule has 1 unspecified atom stereocenters. The Morgan fingerprint density at radius 2 is 2.03 bits per heavy atom. The van der Waals surface area contributed by atoms with Crippen LogP contribution in [0.25, 0.3) is 0 Å². The van der Waals surface area contributed by atoms with Crippen molar-refractivity contribution in [3.05, 3.63) is 59.2 Å². The molecule has 2 aromatic carbocycles. The Balaban J connectivity index is 1.65. The SMILES string of the molecule is CN1CC[C@]2(C)c3cc(O)ccc3CC1[C@H]2N(C)C(=O)Nc1ccc(C#N)cc1. The van der Waals surface area contributed by atoms with Crippen molar-refractivity contribution in [1.29, 1.82) is 5.26 Å². The number of carbonyl (C=O) groups excluding carboxylic acids is 1. The van der Waals surface area contributed by atoms with E-state index in [1.807, 2.05) is 24.1 Å². The Morgan fingerprint density at radius 3 is 2.72 bits per heavy atom. The van der Waals surface area contributed by atoms with Gasteiger partial charge in [-0.15, -0.1) is 0 Å². The van der Waals surface area contributed by atoms with Gasteiger partial charge in [-0.2, -0.15) is 5.26 Å². The maximum absolute atomic E-state index is 13.1. The number of nitriles is 1. The fourth-order valence-corrected chi connectivity index (χ4v) is 5.10. The van der Waals surface area contributed by atoms with E-state index in [9.17, 15) is 9.90 Å². The molecule has 29 heavy (non-hydrogen) atoms. The van der Waals surface area contributed by atoms with Gasteiger partial charge in [-0.05, 0) is 74.0 Å². The molecule has 0 spiro atoms. The zero-order valence-corrected chi connectivity index (χ0v) is 17.0. The van der Waals surface area contributed by atoms with Gasteiger partial charge in [0, 0.05) is 24.2 Å². The molecule has 6 nitrogen and oxygen atoms in total. The number of rotatable bonds is 2. The molecule has 1 aliphatic carbocycles. The molecule has 150 valence electrons. The van der Waals surface area contributed by atoms with Crippen LogP contribution in [0.5, 0.6) is 5.75 Å². The van der Waals surface area contributed by atoms with Gasteiger partial charge in [0.1, 0.15) is 5.75 Å². The molecular weight excluding hydrogens is 364 g/mol. The maximum atomic E-state index is 13.1. The topological polar surface area (TPSA) is 79.6 Å². The molecule has 1 fully saturated rings. The fraction of sp³-hybridized carbons (Fsp3) is 0.391. The smallest absolute Gasteiger partial charge is 0.321 e. The second-order valence-corrected chi connectivity index (χ2v) is 8.44. The lowest BCUT2D eigenvalue weighted by atomic mass is 9.61. The number of urea groups is 1. The number of nitrogens with zero attached hydrogens (tertiary/aromatic N) is 3. The van der Waals surface area contributed by atoms with Crippen LogP contribution < -0.4 is 5.32 Å². The van der Waals surface area contributed by atoms with E-state index in [-0.39, 0.29) is 29.3 Å². The molecule has 1 aliphatic heterocycles. The summed E-state index contributed by atoms with van der Waals surface area (Å²) in [7, 11) is 3.97. The fourth-order valence-electron chi connectivity index (χ4n) is 5.10. The molecule has 1 saturated heterocycles. The van der Waals surface area contributed by atoms with Crippen molar-refractivity contribution in [2.75, 3.05) is 26.0 Å². The highest BCUT2D eigenvalue weighted by Gasteiger charge is 2.52. The van der Waals surface area contributed by atoms with Crippen LogP contribution in [0.3, 0.4) is 0 Å². The van der Waals surface area contributed by atoms with Crippen molar-refractivity contribution < 1.29 is 9.90 Å². The second kappa shape index (κ2) is 7.09. The lowest BCUT2D eigenvalue weighted by molar-refractivity contribution is 0.0213. The number of aromatic hydroxyl groups is 1. The normalized spacial score (nSPS) is 25.6. The van der Waals surface area contributed by atoms with Crippen LogP contribution in [0.4, 0.5) is 10.5 Å². The first kappa shape index (κ1) is 19.3. The summed E-state index contributed by atoms with van der Waals surface area (Å²) < 4.78 is 0. The Morgan fingerprint density at radius 1 is 1.31 bits per heavy atom. The summed E-state index contributed by atoms with van der Waals surface area (Å²) in [5, 5.41) is 22.0. The summed E-state index contributed by atoms with van der Waals surface area (Å²) in [6, 6.07) is 14.6. The minimum Gasteiger partial charge on any atom is -0.508 e. The molecular formula is C23H26N4O2. The lowest BCUT2D eigenvalue weighted by Crippen LogP contribution is -2.67. The van der Waals surface area contributed by atoms with Crippen molar-refractivity contribution in [2.45, 2.75) is 37.3 Å². The monoisotopic (exact) mass is 390 g/mol. The maximum Gasteiger partial charge on any atom is 0.321 e. The van der Waals surface area contributed by atoms with Crippen LogP contribution in [0.2, 0.25) is 0 Å². The molecule has 2 aliphatic rings. The van der Waals surface area contributed by atoms with Gasteiger partial charge in [0.2, 0.25) is 0 Å². The van der Waals surface area contributed by atoms with Gasteiger partial charge in [0.25, 0.3) is 0 Å². The molecule has 2 aromatic rings. The Labute approximate surface area is 171 Å². The van der Waals surface area contributed by atoms with Crippen molar-refractivity contribution in [3.63, 3.8) is 0 Å². The predicted octanol–water partition coefficient (Wildman–Crippen LogP) is 3.31. The molecule has 1 heterocycles. The van der Waals surface area contributed by atoms with E-state index in [4.69, 9.17) is 5.26 Å². The van der Waals surface area contributed by atoms with Crippen molar-refractivity contribution in [1.82, 2.24) is 9.80 Å². The van der Waals surface area contributed by atoms with Crippen molar-refractivity contribution in [2.24, 2.45) is 0 Å². The summed E-state index contributed by atoms with van der Waals surface area (Å²) in [4.78, 5) is 17.3. The number of anilines is 1. The van der Waals surface area contributed by atoms with Gasteiger partial charge in [-0.1, -0.05) is 13.0 Å². The Kier molecular flexibility index (Phi) is 4.71. The first-order valence-corrected chi connectivity index (χ1v) is 9.90. The Hall–Kier alpha value is -3.04. The van der Waals surface area contributed by atoms with Gasteiger partial charge in [-0.25, -0.2) is 4.79 Å². The number of hydrogen-bond acceptors (Lipinski definition) is 4. The van der Waals surface area contributed by atoms with Crippen LogP contribution in [-0.2, 0) is 11.8 Å². The molecule has 2 N–H and O–H groups in total. The molecule has 3 atom stereocenters. The van der Waals surface area contributed by atoms with Crippen LogP contribution in [-0.4, -0.2) is 53.7 Å². The number of nitrogens with one attached hydrogen (secondary N) is 1. The molecule has 0 saturated carbocycles. The van der Waals surface area contributed by atoms with E-state index < -0.39 is 0 Å². The number of phenols is 1. The highest BCUT2D eigenvalue weighted by atomic mass is 16.3. The van der Waals surface area contributed by atoms with Crippen LogP contribution in [0, 0.1) is 11.3 Å². The van der Waals surface area contributed by atoms with E-state index in [2.05, 4.69) is 30.3 Å². The van der Waals surface area contributed by atoms with E-state index >= 15 is 0 Å². The number of likely N-dealkylation sites (N-methyl/N-ethyl adjacent to an activating group) is 2. The van der Waals surface area contributed by atoms with E-state index in [1.54, 1.807) is 30.3 Å². The molecule has 6 heteroatoms. The summed E-state index contributed by atoms with van der Waals surface area (Å²) in [5.41, 5.74) is 3.38. The Bertz CT molecular complexity index is 981. The summed E-state index contributed by atoms with van der Waals surface area (Å²) in [6.07, 6.45) is 1.76. The molecule has 0 radical (unpaired) electrons. The number of likely N-dealkylation sites (tertiary alicyclic amines) is 1. The van der Waals surface area contributed by atoms with E-state index in [1.165, 1.54) is 5.56 Å². The van der Waals surface area contributed by atoms with E-state index in [0.717, 1.165) is 24.9 Å². The average molecular weight is 390 g/mol. The summed E-state index contributed by atoms with van der Waals surface area (Å²) in [5.74, 6) is 0.269. The zero-order chi connectivity index (χ0) is 20.8. The van der Waals surface area contributed by atoms with Gasteiger partial charge in [0.15, 0.2) is 0 Å². The van der Waals surface area contributed by atoms with Gasteiger partial charge in [-0.3, -0.25) is 0 Å². The highest BCUT2D eigenvalue weighted by Crippen LogP contribution is 2.47. The van der Waals surface area contributed by atoms with Crippen LogP contribution in [0.1, 0.15) is 30.0 Å². The van der Waals surface area contributed by atoms with Crippen molar-refractivity contribution >= 4 is 11.7 Å². The molecule has 4 rings (SSSR count). The van der Waals surface area contributed by atoms with E-state index in [0.29, 0.717) is 11.3 Å². The first-order valence-electron chi connectivity index (χ1n) is 9.90. The number of hydrogen-bond donors (Lipinski definition) is 2. The largest absolute Gasteiger partial charge is 0.508 e. The average Bonchev–Trinajstić information content (AvgIpc) is 2.71. The second-order valence-electron chi connectivity index (χ2n) is 8.44. The van der Waals surface area contributed by atoms with Gasteiger partial charge in [0.05, 0.1) is 17.7 Å². The number of amides is 2. The molecule has 0 aromatic heterocycles. The summed E-state index contributed by atoms with van der Waals surface area (Å²) in [6.45, 7) is 3.17. The van der Waals surface area contributed by atoms with Gasteiger partial charge < -0.3 is 20.2 Å². The number of benzene rings is 2. The minimum atomic E-state index is -0.236. The van der Waals surface area contributed by atoms with Crippen LogP contribution >= 0.6 is 0 Å². The minimum absolute atomic E-state index is 0.0195. The predicted molar refractivity (Wildman–Crippen MR) is 112 cm³/mol.